The lowest BCUT2D eigenvalue weighted by atomic mass is 10.2. The Morgan fingerprint density at radius 3 is 2.42 bits per heavy atom. The van der Waals surface area contributed by atoms with Crippen molar-refractivity contribution in [1.82, 2.24) is 4.72 Å². The second-order valence-corrected chi connectivity index (χ2v) is 7.42. The first-order valence-electron chi connectivity index (χ1n) is 7.55. The van der Waals surface area contributed by atoms with Gasteiger partial charge in [-0.25, -0.2) is 17.5 Å². The van der Waals surface area contributed by atoms with Crippen LogP contribution in [-0.4, -0.2) is 26.9 Å². The van der Waals surface area contributed by atoms with Crippen LogP contribution in [0.4, 0.5) is 10.1 Å². The van der Waals surface area contributed by atoms with Crippen molar-refractivity contribution in [3.8, 4) is 0 Å². The maximum Gasteiger partial charge on any atom is 0.245 e. The van der Waals surface area contributed by atoms with E-state index < -0.39 is 16.1 Å². The maximum atomic E-state index is 13.0. The normalized spacial score (nSPS) is 18.1. The van der Waals surface area contributed by atoms with Crippen LogP contribution in [-0.2, 0) is 20.6 Å². The average Bonchev–Trinajstić information content (AvgIpc) is 2.89. The molecular weight excluding hydrogens is 331 g/mol. The lowest BCUT2D eigenvalue weighted by Gasteiger charge is -2.17. The Morgan fingerprint density at radius 1 is 1.08 bits per heavy atom. The Labute approximate surface area is 140 Å². The number of carbonyl (C=O) groups excluding carboxylic acids is 1. The first-order valence-corrected chi connectivity index (χ1v) is 9.21. The van der Waals surface area contributed by atoms with Gasteiger partial charge in [-0.2, -0.15) is 0 Å². The van der Waals surface area contributed by atoms with Crippen molar-refractivity contribution in [1.29, 1.82) is 0 Å². The first kappa shape index (κ1) is 16.6. The van der Waals surface area contributed by atoms with Gasteiger partial charge in [-0.15, -0.1) is 0 Å². The van der Waals surface area contributed by atoms with Crippen LogP contribution in [0, 0.1) is 5.82 Å². The van der Waals surface area contributed by atoms with Crippen LogP contribution in [0.5, 0.6) is 0 Å². The zero-order chi connectivity index (χ0) is 17.2. The molecule has 0 saturated carbocycles. The number of hydrogen-bond donors (Lipinski definition) is 1. The number of hydrogen-bond acceptors (Lipinski definition) is 3. The van der Waals surface area contributed by atoms with Gasteiger partial charge in [0.15, 0.2) is 0 Å². The van der Waals surface area contributed by atoms with Gasteiger partial charge in [-0.3, -0.25) is 4.79 Å². The highest BCUT2D eigenvalue weighted by Gasteiger charge is 2.35. The van der Waals surface area contributed by atoms with Crippen molar-refractivity contribution in [3.63, 3.8) is 0 Å². The van der Waals surface area contributed by atoms with E-state index in [1.807, 2.05) is 6.07 Å². The van der Waals surface area contributed by atoms with Crippen molar-refractivity contribution in [2.24, 2.45) is 0 Å². The summed E-state index contributed by atoms with van der Waals surface area (Å²) in [7, 11) is -3.62. The minimum absolute atomic E-state index is 0.172. The highest BCUT2D eigenvalue weighted by molar-refractivity contribution is 7.88. The average molecular weight is 348 g/mol. The van der Waals surface area contributed by atoms with Crippen molar-refractivity contribution in [2.75, 3.05) is 11.4 Å². The Hall–Kier alpha value is -2.25. The Balaban J connectivity index is 1.68. The zero-order valence-corrected chi connectivity index (χ0v) is 13.7. The van der Waals surface area contributed by atoms with Crippen LogP contribution >= 0.6 is 0 Å². The second-order valence-electron chi connectivity index (χ2n) is 5.67. The molecule has 1 aliphatic rings. The number of carbonyl (C=O) groups is 1. The molecule has 0 spiro atoms. The fourth-order valence-electron chi connectivity index (χ4n) is 2.72. The summed E-state index contributed by atoms with van der Waals surface area (Å²) in [6, 6.07) is 13.6. The summed E-state index contributed by atoms with van der Waals surface area (Å²) in [5.41, 5.74) is 1.22. The van der Waals surface area contributed by atoms with Crippen LogP contribution in [0.3, 0.4) is 0 Å². The third-order valence-corrected chi connectivity index (χ3v) is 5.22. The summed E-state index contributed by atoms with van der Waals surface area (Å²) in [4.78, 5) is 13.9. The van der Waals surface area contributed by atoms with E-state index in [1.54, 1.807) is 24.3 Å². The van der Waals surface area contributed by atoms with Crippen LogP contribution in [0.25, 0.3) is 0 Å². The molecule has 2 aromatic rings. The molecule has 1 atom stereocenters. The molecule has 24 heavy (non-hydrogen) atoms. The molecule has 0 aliphatic carbocycles. The Morgan fingerprint density at radius 2 is 1.75 bits per heavy atom. The lowest BCUT2D eigenvalue weighted by Crippen LogP contribution is -2.41. The van der Waals surface area contributed by atoms with Gasteiger partial charge in [0.05, 0.1) is 5.75 Å². The minimum atomic E-state index is -3.62. The van der Waals surface area contributed by atoms with Crippen molar-refractivity contribution >= 4 is 21.6 Å². The van der Waals surface area contributed by atoms with Gasteiger partial charge in [0, 0.05) is 12.2 Å². The van der Waals surface area contributed by atoms with Gasteiger partial charge in [0.2, 0.25) is 15.9 Å². The van der Waals surface area contributed by atoms with Crippen LogP contribution in [0.1, 0.15) is 12.0 Å². The summed E-state index contributed by atoms with van der Waals surface area (Å²) in [5.74, 6) is -0.877. The number of nitrogens with one attached hydrogen (secondary N) is 1. The molecule has 1 fully saturated rings. The van der Waals surface area contributed by atoms with Gasteiger partial charge < -0.3 is 4.90 Å². The quantitative estimate of drug-likeness (QED) is 0.899. The summed E-state index contributed by atoms with van der Waals surface area (Å²) >= 11 is 0. The molecule has 1 amide bonds. The smallest absolute Gasteiger partial charge is 0.245 e. The summed E-state index contributed by atoms with van der Waals surface area (Å²) in [5, 5.41) is 0. The van der Waals surface area contributed by atoms with Crippen molar-refractivity contribution in [3.05, 3.63) is 66.0 Å². The van der Waals surface area contributed by atoms with E-state index in [4.69, 9.17) is 0 Å². The molecule has 1 N–H and O–H groups in total. The summed E-state index contributed by atoms with van der Waals surface area (Å²) in [6.07, 6.45) is 0.379. The van der Waals surface area contributed by atoms with E-state index in [2.05, 4.69) is 4.72 Å². The molecule has 1 heterocycles. The number of anilines is 1. The molecule has 1 saturated heterocycles. The zero-order valence-electron chi connectivity index (χ0n) is 12.9. The van der Waals surface area contributed by atoms with Crippen molar-refractivity contribution < 1.29 is 17.6 Å². The molecule has 1 aliphatic heterocycles. The molecule has 0 aromatic heterocycles. The van der Waals surface area contributed by atoms with Gasteiger partial charge in [0.1, 0.15) is 11.9 Å². The third kappa shape index (κ3) is 3.80. The molecule has 2 aromatic carbocycles. The summed E-state index contributed by atoms with van der Waals surface area (Å²) in [6.45, 7) is 0.392. The van der Waals surface area contributed by atoms with Gasteiger partial charge in [-0.1, -0.05) is 30.3 Å². The minimum Gasteiger partial charge on any atom is -0.311 e. The Bertz CT molecular complexity index is 823. The molecule has 126 valence electrons. The number of sulfonamides is 1. The number of benzene rings is 2. The highest BCUT2D eigenvalue weighted by atomic mass is 32.2. The SMILES string of the molecule is O=C1C(NS(=O)(=O)Cc2ccccc2)CCN1c1ccc(F)cc1. The number of amides is 1. The van der Waals surface area contributed by atoms with E-state index in [9.17, 15) is 17.6 Å². The molecule has 0 bridgehead atoms. The fourth-order valence-corrected chi connectivity index (χ4v) is 4.09. The highest BCUT2D eigenvalue weighted by Crippen LogP contribution is 2.22. The van der Waals surface area contributed by atoms with Gasteiger partial charge >= 0.3 is 0 Å². The maximum absolute atomic E-state index is 13.0. The summed E-state index contributed by atoms with van der Waals surface area (Å²) < 4.78 is 40.0. The van der Waals surface area contributed by atoms with Gasteiger partial charge in [0.25, 0.3) is 0 Å². The molecule has 0 radical (unpaired) electrons. The fraction of sp³-hybridized carbons (Fsp3) is 0.235. The molecule has 1 unspecified atom stereocenters. The van der Waals surface area contributed by atoms with Gasteiger partial charge in [-0.05, 0) is 36.2 Å². The van der Waals surface area contributed by atoms with Crippen molar-refractivity contribution in [2.45, 2.75) is 18.2 Å². The largest absolute Gasteiger partial charge is 0.311 e. The van der Waals surface area contributed by atoms with E-state index in [-0.39, 0.29) is 17.5 Å². The number of rotatable bonds is 5. The predicted octanol–water partition coefficient (Wildman–Crippen LogP) is 2.05. The second kappa shape index (κ2) is 6.70. The Kier molecular flexibility index (Phi) is 4.64. The first-order chi connectivity index (χ1) is 11.4. The molecule has 3 rings (SSSR count). The molecule has 7 heteroatoms. The van der Waals surface area contributed by atoms with E-state index in [1.165, 1.54) is 29.2 Å². The molecule has 5 nitrogen and oxygen atoms in total. The predicted molar refractivity (Wildman–Crippen MR) is 89.4 cm³/mol. The topological polar surface area (TPSA) is 66.5 Å². The van der Waals surface area contributed by atoms with E-state index in [0.717, 1.165) is 0 Å². The monoisotopic (exact) mass is 348 g/mol. The lowest BCUT2D eigenvalue weighted by molar-refractivity contribution is -0.118. The number of halogens is 1. The molecular formula is C17H17FN2O3S. The third-order valence-electron chi connectivity index (χ3n) is 3.87. The van der Waals surface area contributed by atoms with Crippen LogP contribution in [0.15, 0.2) is 54.6 Å². The standard InChI is InChI=1S/C17H17FN2O3S/c18-14-6-8-15(9-7-14)20-11-10-16(17(20)21)19-24(22,23)12-13-4-2-1-3-5-13/h1-9,16,19H,10-12H2. The van der Waals surface area contributed by atoms with E-state index >= 15 is 0 Å². The van der Waals surface area contributed by atoms with E-state index in [0.29, 0.717) is 24.2 Å². The number of nitrogens with zero attached hydrogens (tertiary/aromatic N) is 1. The van der Waals surface area contributed by atoms with Crippen LogP contribution in [0.2, 0.25) is 0 Å². The van der Waals surface area contributed by atoms with Crippen LogP contribution < -0.4 is 9.62 Å².